The van der Waals surface area contributed by atoms with Crippen LogP contribution in [0.15, 0.2) is 37.1 Å². The maximum atomic E-state index is 15.0. The first-order valence-corrected chi connectivity index (χ1v) is 11.4. The Morgan fingerprint density at radius 2 is 1.94 bits per heavy atom. The van der Waals surface area contributed by atoms with Gasteiger partial charge in [0.25, 0.3) is 5.91 Å². The molecule has 2 aliphatic heterocycles. The number of amides is 1. The normalized spacial score (nSPS) is 18.9. The van der Waals surface area contributed by atoms with Crippen molar-refractivity contribution in [3.05, 3.63) is 54.3 Å². The number of aromatic nitrogens is 4. The molecule has 1 atom stereocenters. The molecule has 10 nitrogen and oxygen atoms in total. The van der Waals surface area contributed by atoms with Gasteiger partial charge in [0.15, 0.2) is 23.1 Å². The molecule has 12 heteroatoms. The lowest BCUT2D eigenvalue weighted by Gasteiger charge is -2.37. The molecule has 0 aromatic carbocycles. The van der Waals surface area contributed by atoms with Crippen molar-refractivity contribution in [1.82, 2.24) is 29.4 Å². The first kappa shape index (κ1) is 23.0. The lowest BCUT2D eigenvalue weighted by Crippen LogP contribution is -2.45. The van der Waals surface area contributed by atoms with Gasteiger partial charge < -0.3 is 25.8 Å². The van der Waals surface area contributed by atoms with Gasteiger partial charge in [0, 0.05) is 50.9 Å². The number of fused-ring (bicyclic) bond motifs is 1. The van der Waals surface area contributed by atoms with E-state index in [-0.39, 0.29) is 34.3 Å². The highest BCUT2D eigenvalue weighted by molar-refractivity contribution is 6.12. The third kappa shape index (κ3) is 4.36. The summed E-state index contributed by atoms with van der Waals surface area (Å²) < 4.78 is 29.6. The van der Waals surface area contributed by atoms with Crippen molar-refractivity contribution in [2.45, 2.75) is 6.42 Å². The molecule has 35 heavy (non-hydrogen) atoms. The van der Waals surface area contributed by atoms with Gasteiger partial charge in [-0.05, 0) is 13.5 Å². The molecule has 1 unspecified atom stereocenters. The monoisotopic (exact) mass is 483 g/mol. The lowest BCUT2D eigenvalue weighted by atomic mass is 10.0. The average molecular weight is 484 g/mol. The third-order valence-electron chi connectivity index (χ3n) is 6.70. The zero-order chi connectivity index (χ0) is 24.7. The molecular weight excluding hydrogens is 456 g/mol. The van der Waals surface area contributed by atoms with Crippen LogP contribution in [0, 0.1) is 17.6 Å². The standard InChI is InChI=1S/C23H27F2N9O/c1-14(32-7-5-31(2)6-8-32)15-3-4-33(12-15)20-17(25)10-27-11-18(20)29-23(35)19-21(26)30-34-13-16(24)9-28-22(19)34/h9-11,13,15H,1,3-8,12H2,2H3,(H2,26,30)(H,29,35). The van der Waals surface area contributed by atoms with Crippen molar-refractivity contribution in [2.24, 2.45) is 5.92 Å². The molecular formula is C23H27F2N9O. The largest absolute Gasteiger partial charge is 0.381 e. The van der Waals surface area contributed by atoms with Crippen LogP contribution in [0.25, 0.3) is 5.65 Å². The summed E-state index contributed by atoms with van der Waals surface area (Å²) in [4.78, 5) is 27.5. The van der Waals surface area contributed by atoms with Crippen molar-refractivity contribution in [3.63, 3.8) is 0 Å². The summed E-state index contributed by atoms with van der Waals surface area (Å²) in [7, 11) is 2.11. The van der Waals surface area contributed by atoms with E-state index in [9.17, 15) is 9.18 Å². The van der Waals surface area contributed by atoms with Crippen LogP contribution in [-0.2, 0) is 0 Å². The van der Waals surface area contributed by atoms with Gasteiger partial charge in [0.05, 0.1) is 30.5 Å². The molecule has 3 aromatic heterocycles. The second-order valence-corrected chi connectivity index (χ2v) is 8.99. The van der Waals surface area contributed by atoms with Crippen LogP contribution in [0.3, 0.4) is 0 Å². The molecule has 1 amide bonds. The van der Waals surface area contributed by atoms with Gasteiger partial charge in [-0.15, -0.1) is 5.10 Å². The summed E-state index contributed by atoms with van der Waals surface area (Å²) in [6, 6.07) is 0. The summed E-state index contributed by atoms with van der Waals surface area (Å²) in [5.41, 5.74) is 7.51. The average Bonchev–Trinajstić information content (AvgIpc) is 3.43. The predicted molar refractivity (Wildman–Crippen MR) is 128 cm³/mol. The number of nitrogens with zero attached hydrogens (tertiary/aromatic N) is 7. The maximum Gasteiger partial charge on any atom is 0.263 e. The van der Waals surface area contributed by atoms with Crippen LogP contribution in [0.1, 0.15) is 16.8 Å². The van der Waals surface area contributed by atoms with Crippen molar-refractivity contribution in [1.29, 1.82) is 0 Å². The number of likely N-dealkylation sites (N-methyl/N-ethyl adjacent to an activating group) is 1. The zero-order valence-corrected chi connectivity index (χ0v) is 19.4. The predicted octanol–water partition coefficient (Wildman–Crippen LogP) is 1.82. The molecule has 2 aliphatic rings. The van der Waals surface area contributed by atoms with Crippen molar-refractivity contribution in [2.75, 3.05) is 62.3 Å². The van der Waals surface area contributed by atoms with E-state index < -0.39 is 17.5 Å². The SMILES string of the molecule is C=C(C1CCN(c2c(F)cncc2NC(=O)c2c(N)nn3cc(F)cnc23)C1)N1CCN(C)CC1. The molecule has 5 heterocycles. The number of nitrogens with two attached hydrogens (primary N) is 1. The van der Waals surface area contributed by atoms with E-state index in [1.807, 2.05) is 4.90 Å². The molecule has 3 aromatic rings. The lowest BCUT2D eigenvalue weighted by molar-refractivity contribution is 0.102. The van der Waals surface area contributed by atoms with Crippen molar-refractivity contribution < 1.29 is 13.6 Å². The molecule has 3 N–H and O–H groups in total. The van der Waals surface area contributed by atoms with Crippen molar-refractivity contribution in [3.8, 4) is 0 Å². The van der Waals surface area contributed by atoms with Crippen LogP contribution in [-0.4, -0.2) is 81.6 Å². The minimum atomic E-state index is -0.636. The molecule has 0 bridgehead atoms. The van der Waals surface area contributed by atoms with Gasteiger partial charge in [-0.25, -0.2) is 18.3 Å². The molecule has 0 radical (unpaired) electrons. The summed E-state index contributed by atoms with van der Waals surface area (Å²) in [6.45, 7) is 9.35. The molecule has 2 saturated heterocycles. The Morgan fingerprint density at radius 3 is 2.71 bits per heavy atom. The fourth-order valence-corrected chi connectivity index (χ4v) is 4.76. The minimum Gasteiger partial charge on any atom is -0.381 e. The molecule has 0 saturated carbocycles. The van der Waals surface area contributed by atoms with E-state index in [1.165, 1.54) is 6.20 Å². The second-order valence-electron chi connectivity index (χ2n) is 8.99. The molecule has 0 aliphatic carbocycles. The van der Waals surface area contributed by atoms with E-state index in [0.29, 0.717) is 13.1 Å². The van der Waals surface area contributed by atoms with E-state index in [0.717, 1.165) is 61.4 Å². The Kier molecular flexibility index (Phi) is 5.97. The highest BCUT2D eigenvalue weighted by Gasteiger charge is 2.32. The van der Waals surface area contributed by atoms with Crippen LogP contribution >= 0.6 is 0 Å². The van der Waals surface area contributed by atoms with E-state index in [2.05, 4.69) is 43.8 Å². The summed E-state index contributed by atoms with van der Waals surface area (Å²) in [5, 5.41) is 6.65. The van der Waals surface area contributed by atoms with Crippen LogP contribution in [0.5, 0.6) is 0 Å². The van der Waals surface area contributed by atoms with Gasteiger partial charge in [-0.2, -0.15) is 0 Å². The highest BCUT2D eigenvalue weighted by Crippen LogP contribution is 2.35. The van der Waals surface area contributed by atoms with Crippen LogP contribution in [0.2, 0.25) is 0 Å². The van der Waals surface area contributed by atoms with E-state index in [4.69, 9.17) is 5.73 Å². The quantitative estimate of drug-likeness (QED) is 0.566. The van der Waals surface area contributed by atoms with Gasteiger partial charge in [-0.1, -0.05) is 6.58 Å². The Hall–Kier alpha value is -3.80. The van der Waals surface area contributed by atoms with Gasteiger partial charge in [0.2, 0.25) is 0 Å². The second kappa shape index (κ2) is 9.10. The summed E-state index contributed by atoms with van der Waals surface area (Å²) in [6.07, 6.45) is 5.40. The molecule has 0 spiro atoms. The fourth-order valence-electron chi connectivity index (χ4n) is 4.76. The van der Waals surface area contributed by atoms with Gasteiger partial charge in [-0.3, -0.25) is 9.78 Å². The van der Waals surface area contributed by atoms with Gasteiger partial charge >= 0.3 is 0 Å². The molecule has 5 rings (SSSR count). The minimum absolute atomic E-state index is 0.0250. The number of anilines is 3. The molecule has 2 fully saturated rings. The number of carbonyl (C=O) groups excluding carboxylic acids is 1. The maximum absolute atomic E-state index is 15.0. The first-order valence-electron chi connectivity index (χ1n) is 11.4. The number of halogens is 2. The highest BCUT2D eigenvalue weighted by atomic mass is 19.1. The number of hydrogen-bond acceptors (Lipinski definition) is 8. The number of nitrogen functional groups attached to an aromatic ring is 1. The number of hydrogen-bond donors (Lipinski definition) is 2. The van der Waals surface area contributed by atoms with E-state index in [1.54, 1.807) is 0 Å². The Labute approximate surface area is 201 Å². The fraction of sp³-hybridized carbons (Fsp3) is 0.391. The topological polar surface area (TPSA) is 108 Å². The zero-order valence-electron chi connectivity index (χ0n) is 19.4. The number of pyridine rings is 1. The molecule has 184 valence electrons. The smallest absolute Gasteiger partial charge is 0.263 e. The van der Waals surface area contributed by atoms with Crippen LogP contribution < -0.4 is 16.0 Å². The van der Waals surface area contributed by atoms with Gasteiger partial charge in [0.1, 0.15) is 11.3 Å². The number of carbonyl (C=O) groups is 1. The first-order chi connectivity index (χ1) is 16.8. The number of piperazine rings is 1. The van der Waals surface area contributed by atoms with Crippen LogP contribution in [0.4, 0.5) is 26.0 Å². The summed E-state index contributed by atoms with van der Waals surface area (Å²) in [5.74, 6) is -1.73. The van der Waals surface area contributed by atoms with E-state index >= 15 is 4.39 Å². The van der Waals surface area contributed by atoms with Crippen molar-refractivity contribution >= 4 is 28.7 Å². The number of nitrogens with one attached hydrogen (secondary N) is 1. The number of rotatable bonds is 5. The third-order valence-corrected chi connectivity index (χ3v) is 6.70. The Balaban J connectivity index is 1.36. The Bertz CT molecular complexity index is 1290. The summed E-state index contributed by atoms with van der Waals surface area (Å²) >= 11 is 0. The Morgan fingerprint density at radius 1 is 1.17 bits per heavy atom.